The predicted octanol–water partition coefficient (Wildman–Crippen LogP) is 0.738. The molecule has 5 nitrogen and oxygen atoms in total. The maximum absolute atomic E-state index is 12.2. The molecular formula is C14H22B2N2O3. The van der Waals surface area contributed by atoms with E-state index in [0.717, 1.165) is 11.1 Å². The van der Waals surface area contributed by atoms with Crippen LogP contribution in [0.2, 0.25) is 0 Å². The van der Waals surface area contributed by atoms with E-state index in [1.807, 2.05) is 60.7 Å². The van der Waals surface area contributed by atoms with Crippen LogP contribution in [-0.4, -0.2) is 50.8 Å². The van der Waals surface area contributed by atoms with Gasteiger partial charge >= 0.3 is 6.09 Å². The summed E-state index contributed by atoms with van der Waals surface area (Å²) in [6.07, 6.45) is 0.988. The fraction of sp³-hybridized carbons (Fsp3) is 0.429. The van der Waals surface area contributed by atoms with Gasteiger partial charge in [-0.05, 0) is 31.9 Å². The van der Waals surface area contributed by atoms with Gasteiger partial charge in [-0.2, -0.15) is 0 Å². The number of carbonyl (C=O) groups excluding carboxylic acids is 1. The first-order chi connectivity index (χ1) is 9.58. The number of rotatable bonds is 3. The third kappa shape index (κ3) is 4.55. The Labute approximate surface area is 127 Å². The summed E-state index contributed by atoms with van der Waals surface area (Å²) in [7, 11) is 5.62. The number of hydrogen-bond acceptors (Lipinski definition) is 4. The number of oxime groups is 1. The SMILES string of the molecule is BC(B)(c1ccc(/C=N/O)cc1)N(C)C(=O)OC(C)(C)C. The van der Waals surface area contributed by atoms with Gasteiger partial charge in [0.05, 0.1) is 6.21 Å². The van der Waals surface area contributed by atoms with Crippen LogP contribution in [0.3, 0.4) is 0 Å². The lowest BCUT2D eigenvalue weighted by Gasteiger charge is -2.37. The van der Waals surface area contributed by atoms with Gasteiger partial charge in [-0.25, -0.2) is 4.79 Å². The molecule has 1 aromatic rings. The van der Waals surface area contributed by atoms with Gasteiger partial charge < -0.3 is 14.8 Å². The average Bonchev–Trinajstić information content (AvgIpc) is 2.37. The van der Waals surface area contributed by atoms with E-state index in [4.69, 9.17) is 9.94 Å². The van der Waals surface area contributed by atoms with Crippen LogP contribution in [0, 0.1) is 0 Å². The Kier molecular flexibility index (Phi) is 5.10. The van der Waals surface area contributed by atoms with Crippen molar-refractivity contribution in [2.45, 2.75) is 31.7 Å². The molecular weight excluding hydrogens is 266 g/mol. The number of ether oxygens (including phenoxy) is 1. The van der Waals surface area contributed by atoms with Gasteiger partial charge in [0.1, 0.15) is 21.3 Å². The number of benzene rings is 1. The van der Waals surface area contributed by atoms with Crippen LogP contribution in [0.1, 0.15) is 31.9 Å². The van der Waals surface area contributed by atoms with Gasteiger partial charge in [-0.1, -0.05) is 29.4 Å². The van der Waals surface area contributed by atoms with Crippen molar-refractivity contribution in [1.82, 2.24) is 4.90 Å². The van der Waals surface area contributed by atoms with Gasteiger partial charge in [0.25, 0.3) is 0 Å². The monoisotopic (exact) mass is 288 g/mol. The Hall–Kier alpha value is -1.91. The summed E-state index contributed by atoms with van der Waals surface area (Å²) in [5.41, 5.74) is 1.23. The quantitative estimate of drug-likeness (QED) is 0.386. The third-order valence-corrected chi connectivity index (χ3v) is 3.33. The molecule has 0 spiro atoms. The molecule has 0 aliphatic heterocycles. The highest BCUT2D eigenvalue weighted by molar-refractivity contribution is 6.40. The molecule has 0 saturated carbocycles. The van der Waals surface area contributed by atoms with Crippen LogP contribution >= 0.6 is 0 Å². The Balaban J connectivity index is 2.95. The zero-order valence-corrected chi connectivity index (χ0v) is 13.5. The molecule has 0 unspecified atom stereocenters. The van der Waals surface area contributed by atoms with E-state index in [2.05, 4.69) is 5.16 Å². The normalized spacial score (nSPS) is 12.4. The fourth-order valence-electron chi connectivity index (χ4n) is 1.80. The molecule has 7 heteroatoms. The molecule has 112 valence electrons. The Morgan fingerprint density at radius 3 is 2.24 bits per heavy atom. The lowest BCUT2D eigenvalue weighted by atomic mass is 9.57. The molecule has 0 aliphatic carbocycles. The molecule has 1 amide bonds. The van der Waals surface area contributed by atoms with Crippen molar-refractivity contribution in [3.63, 3.8) is 0 Å². The molecule has 21 heavy (non-hydrogen) atoms. The Morgan fingerprint density at radius 1 is 1.29 bits per heavy atom. The highest BCUT2D eigenvalue weighted by atomic mass is 16.6. The van der Waals surface area contributed by atoms with Gasteiger partial charge in [-0.15, -0.1) is 0 Å². The van der Waals surface area contributed by atoms with Crippen LogP contribution in [0.15, 0.2) is 29.4 Å². The molecule has 0 bridgehead atoms. The van der Waals surface area contributed by atoms with Crippen LogP contribution in [0.4, 0.5) is 4.79 Å². The van der Waals surface area contributed by atoms with Crippen LogP contribution in [0.25, 0.3) is 0 Å². The third-order valence-electron chi connectivity index (χ3n) is 3.33. The lowest BCUT2D eigenvalue weighted by Crippen LogP contribution is -2.49. The largest absolute Gasteiger partial charge is 0.444 e. The Bertz CT molecular complexity index is 522. The average molecular weight is 288 g/mol. The Morgan fingerprint density at radius 2 is 1.81 bits per heavy atom. The van der Waals surface area contributed by atoms with Crippen molar-refractivity contribution >= 4 is 28.0 Å². The van der Waals surface area contributed by atoms with Crippen LogP contribution < -0.4 is 0 Å². The van der Waals surface area contributed by atoms with Crippen LogP contribution in [0.5, 0.6) is 0 Å². The molecule has 0 radical (unpaired) electrons. The van der Waals surface area contributed by atoms with E-state index >= 15 is 0 Å². The fourth-order valence-corrected chi connectivity index (χ4v) is 1.80. The molecule has 0 fully saturated rings. The van der Waals surface area contributed by atoms with Gasteiger partial charge in [0, 0.05) is 12.4 Å². The second kappa shape index (κ2) is 6.24. The second-order valence-electron chi connectivity index (χ2n) is 6.46. The van der Waals surface area contributed by atoms with Gasteiger partial charge in [-0.3, -0.25) is 0 Å². The molecule has 1 N–H and O–H groups in total. The summed E-state index contributed by atoms with van der Waals surface area (Å²) in [5, 5.41) is 11.0. The highest BCUT2D eigenvalue weighted by Gasteiger charge is 2.32. The van der Waals surface area contributed by atoms with Crippen molar-refractivity contribution in [2.24, 2.45) is 5.16 Å². The second-order valence-corrected chi connectivity index (χ2v) is 6.46. The zero-order valence-electron chi connectivity index (χ0n) is 13.5. The predicted molar refractivity (Wildman–Crippen MR) is 88.6 cm³/mol. The molecule has 1 rings (SSSR count). The standard InChI is InChI=1S/C14H22B2N2O3/c1-13(2,3)21-12(19)18(4)14(15,16)11-7-5-10(6-8-11)9-17-20/h5-9,20H,15-16H2,1-4H3/b17-9+. The molecule has 1 aromatic carbocycles. The first-order valence-electron chi connectivity index (χ1n) is 6.83. The molecule has 0 aromatic heterocycles. The van der Waals surface area contributed by atoms with Crippen molar-refractivity contribution in [2.75, 3.05) is 7.05 Å². The number of amides is 1. The minimum atomic E-state index is -0.525. The summed E-state index contributed by atoms with van der Waals surface area (Å²) in [6, 6.07) is 7.47. The van der Waals surface area contributed by atoms with E-state index in [-0.39, 0.29) is 6.09 Å². The number of nitrogens with zero attached hydrogens (tertiary/aromatic N) is 2. The molecule has 0 saturated heterocycles. The van der Waals surface area contributed by atoms with E-state index in [1.165, 1.54) is 6.21 Å². The first-order valence-corrected chi connectivity index (χ1v) is 6.83. The van der Waals surface area contributed by atoms with Crippen molar-refractivity contribution in [3.8, 4) is 0 Å². The smallest absolute Gasteiger partial charge is 0.409 e. The number of carbonyl (C=O) groups is 1. The number of hydrogen-bond donors (Lipinski definition) is 1. The van der Waals surface area contributed by atoms with Gasteiger partial charge in [0.15, 0.2) is 0 Å². The van der Waals surface area contributed by atoms with E-state index in [0.29, 0.717) is 0 Å². The minimum Gasteiger partial charge on any atom is -0.444 e. The minimum absolute atomic E-state index is 0.367. The van der Waals surface area contributed by atoms with Crippen molar-refractivity contribution < 1.29 is 14.7 Å². The maximum Gasteiger partial charge on any atom is 0.409 e. The maximum atomic E-state index is 12.2. The van der Waals surface area contributed by atoms with Crippen molar-refractivity contribution in [1.29, 1.82) is 0 Å². The molecule has 0 heterocycles. The lowest BCUT2D eigenvalue weighted by molar-refractivity contribution is 0.0243. The zero-order chi connectivity index (χ0) is 16.3. The van der Waals surface area contributed by atoms with E-state index < -0.39 is 10.9 Å². The van der Waals surface area contributed by atoms with Crippen molar-refractivity contribution in [3.05, 3.63) is 35.4 Å². The molecule has 0 atom stereocenters. The van der Waals surface area contributed by atoms with Crippen LogP contribution in [-0.2, 0) is 10.1 Å². The highest BCUT2D eigenvalue weighted by Crippen LogP contribution is 2.23. The summed E-state index contributed by atoms with van der Waals surface area (Å²) < 4.78 is 5.40. The summed E-state index contributed by atoms with van der Waals surface area (Å²) in [5.74, 6) is 0. The topological polar surface area (TPSA) is 62.1 Å². The summed E-state index contributed by atoms with van der Waals surface area (Å²) in [6.45, 7) is 5.53. The van der Waals surface area contributed by atoms with Gasteiger partial charge in [0.2, 0.25) is 0 Å². The summed E-state index contributed by atoms with van der Waals surface area (Å²) in [4.78, 5) is 13.8. The van der Waals surface area contributed by atoms with E-state index in [1.54, 1.807) is 11.9 Å². The summed E-state index contributed by atoms with van der Waals surface area (Å²) >= 11 is 0. The first kappa shape index (κ1) is 17.1. The van der Waals surface area contributed by atoms with E-state index in [9.17, 15) is 4.79 Å². The molecule has 0 aliphatic rings.